The smallest absolute Gasteiger partial charge is 0.256 e. The van der Waals surface area contributed by atoms with E-state index >= 15 is 0 Å². The second kappa shape index (κ2) is 5.71. The lowest BCUT2D eigenvalue weighted by molar-refractivity contribution is 0.0563. The molecule has 1 saturated heterocycles. The number of hydrogen-bond acceptors (Lipinski definition) is 3. The normalized spacial score (nSPS) is 20.6. The van der Waals surface area contributed by atoms with Gasteiger partial charge in [0.15, 0.2) is 0 Å². The highest BCUT2D eigenvalue weighted by atomic mass is 79.9. The van der Waals surface area contributed by atoms with Crippen LogP contribution in [0.15, 0.2) is 22.7 Å². The van der Waals surface area contributed by atoms with Gasteiger partial charge in [0.05, 0.1) is 11.7 Å². The summed E-state index contributed by atoms with van der Waals surface area (Å²) in [7, 11) is 0. The first-order valence-electron chi connectivity index (χ1n) is 6.04. The minimum Gasteiger partial charge on any atom is -0.398 e. The number of benzene rings is 1. The highest BCUT2D eigenvalue weighted by molar-refractivity contribution is 9.10. The van der Waals surface area contributed by atoms with Crippen LogP contribution < -0.4 is 5.73 Å². The Kier molecular flexibility index (Phi) is 4.24. The van der Waals surface area contributed by atoms with E-state index in [1.807, 2.05) is 17.9 Å². The maximum Gasteiger partial charge on any atom is 0.256 e. The Bertz CT molecular complexity index is 451. The number of ether oxygens (including phenoxy) is 1. The summed E-state index contributed by atoms with van der Waals surface area (Å²) in [5.41, 5.74) is 6.94. The molecule has 18 heavy (non-hydrogen) atoms. The number of hydrogen-bond donors (Lipinski definition) is 1. The van der Waals surface area contributed by atoms with Gasteiger partial charge in [-0.3, -0.25) is 4.79 Å². The van der Waals surface area contributed by atoms with Crippen LogP contribution in [-0.4, -0.2) is 36.6 Å². The van der Waals surface area contributed by atoms with Gasteiger partial charge in [0, 0.05) is 29.9 Å². The van der Waals surface area contributed by atoms with E-state index < -0.39 is 0 Å². The second-order valence-electron chi connectivity index (χ2n) is 4.52. The number of amides is 1. The average molecular weight is 313 g/mol. The SMILES string of the molecule is CC1CN(C(=O)c2cc(Br)ccc2N)CCCO1. The Balaban J connectivity index is 2.21. The molecule has 1 unspecified atom stereocenters. The van der Waals surface area contributed by atoms with Gasteiger partial charge in [-0.25, -0.2) is 0 Å². The van der Waals surface area contributed by atoms with E-state index in [2.05, 4.69) is 15.9 Å². The lowest BCUT2D eigenvalue weighted by Gasteiger charge is -2.23. The van der Waals surface area contributed by atoms with Crippen molar-refractivity contribution in [3.8, 4) is 0 Å². The van der Waals surface area contributed by atoms with E-state index in [0.29, 0.717) is 24.4 Å². The van der Waals surface area contributed by atoms with E-state index in [1.54, 1.807) is 12.1 Å². The van der Waals surface area contributed by atoms with Crippen molar-refractivity contribution in [2.45, 2.75) is 19.4 Å². The summed E-state index contributed by atoms with van der Waals surface area (Å²) in [4.78, 5) is 14.3. The molecule has 1 aliphatic heterocycles. The first kappa shape index (κ1) is 13.4. The molecule has 1 atom stereocenters. The molecular weight excluding hydrogens is 296 g/mol. The first-order valence-corrected chi connectivity index (χ1v) is 6.83. The van der Waals surface area contributed by atoms with Crippen LogP contribution in [0.5, 0.6) is 0 Å². The molecule has 0 aliphatic carbocycles. The zero-order chi connectivity index (χ0) is 13.1. The van der Waals surface area contributed by atoms with Gasteiger partial charge in [-0.05, 0) is 31.5 Å². The summed E-state index contributed by atoms with van der Waals surface area (Å²) in [6.07, 6.45) is 0.939. The topological polar surface area (TPSA) is 55.6 Å². The third-order valence-corrected chi connectivity index (χ3v) is 3.48. The van der Waals surface area contributed by atoms with Crippen molar-refractivity contribution in [2.24, 2.45) is 0 Å². The molecule has 5 heteroatoms. The molecule has 1 heterocycles. The maximum absolute atomic E-state index is 12.4. The van der Waals surface area contributed by atoms with Gasteiger partial charge in [0.25, 0.3) is 5.91 Å². The van der Waals surface area contributed by atoms with Crippen LogP contribution in [0.3, 0.4) is 0 Å². The average Bonchev–Trinajstić information content (AvgIpc) is 2.56. The highest BCUT2D eigenvalue weighted by Crippen LogP contribution is 2.21. The summed E-state index contributed by atoms with van der Waals surface area (Å²) in [6.45, 7) is 4.02. The second-order valence-corrected chi connectivity index (χ2v) is 5.43. The van der Waals surface area contributed by atoms with Crippen molar-refractivity contribution in [1.29, 1.82) is 0 Å². The van der Waals surface area contributed by atoms with Gasteiger partial charge < -0.3 is 15.4 Å². The molecule has 1 aromatic carbocycles. The van der Waals surface area contributed by atoms with Crippen LogP contribution in [0.2, 0.25) is 0 Å². The zero-order valence-electron chi connectivity index (χ0n) is 10.4. The Morgan fingerprint density at radius 2 is 2.33 bits per heavy atom. The number of nitrogens with zero attached hydrogens (tertiary/aromatic N) is 1. The molecule has 0 radical (unpaired) electrons. The van der Waals surface area contributed by atoms with Gasteiger partial charge in [0.2, 0.25) is 0 Å². The third kappa shape index (κ3) is 3.03. The van der Waals surface area contributed by atoms with Crippen LogP contribution in [0.4, 0.5) is 5.69 Å². The minimum atomic E-state index is -0.0221. The molecule has 1 fully saturated rings. The Hall–Kier alpha value is -1.07. The fourth-order valence-electron chi connectivity index (χ4n) is 2.06. The third-order valence-electron chi connectivity index (χ3n) is 2.99. The Labute approximate surface area is 115 Å². The number of anilines is 1. The molecule has 0 spiro atoms. The van der Waals surface area contributed by atoms with Crippen molar-refractivity contribution in [1.82, 2.24) is 4.90 Å². The van der Waals surface area contributed by atoms with Gasteiger partial charge in [-0.15, -0.1) is 0 Å². The number of nitrogens with two attached hydrogens (primary N) is 1. The molecule has 2 N–H and O–H groups in total. The van der Waals surface area contributed by atoms with E-state index in [1.165, 1.54) is 0 Å². The van der Waals surface area contributed by atoms with Gasteiger partial charge >= 0.3 is 0 Å². The Morgan fingerprint density at radius 3 is 3.11 bits per heavy atom. The van der Waals surface area contributed by atoms with Crippen LogP contribution in [-0.2, 0) is 4.74 Å². The lowest BCUT2D eigenvalue weighted by Crippen LogP contribution is -2.36. The van der Waals surface area contributed by atoms with Crippen LogP contribution in [0.1, 0.15) is 23.7 Å². The first-order chi connectivity index (χ1) is 8.58. The monoisotopic (exact) mass is 312 g/mol. The van der Waals surface area contributed by atoms with Crippen LogP contribution in [0, 0.1) is 0 Å². The predicted octanol–water partition coefficient (Wildman–Crippen LogP) is 2.28. The number of nitrogen functional groups attached to an aromatic ring is 1. The van der Waals surface area contributed by atoms with Gasteiger partial charge in [-0.2, -0.15) is 0 Å². The summed E-state index contributed by atoms with van der Waals surface area (Å²) in [6, 6.07) is 5.35. The van der Waals surface area contributed by atoms with E-state index in [9.17, 15) is 4.79 Å². The molecule has 0 bridgehead atoms. The lowest BCUT2D eigenvalue weighted by atomic mass is 10.1. The van der Waals surface area contributed by atoms with Gasteiger partial charge in [0.1, 0.15) is 0 Å². The molecule has 1 aromatic rings. The zero-order valence-corrected chi connectivity index (χ0v) is 11.9. The Morgan fingerprint density at radius 1 is 1.56 bits per heavy atom. The van der Waals surface area contributed by atoms with Gasteiger partial charge in [-0.1, -0.05) is 15.9 Å². The molecule has 1 amide bonds. The largest absolute Gasteiger partial charge is 0.398 e. The molecular formula is C13H17BrN2O2. The van der Waals surface area contributed by atoms with Crippen LogP contribution >= 0.6 is 15.9 Å². The van der Waals surface area contributed by atoms with Crippen molar-refractivity contribution in [2.75, 3.05) is 25.4 Å². The van der Waals surface area contributed by atoms with E-state index in [0.717, 1.165) is 17.4 Å². The molecule has 2 rings (SSSR count). The standard InChI is InChI=1S/C13H17BrN2O2/c1-9-8-16(5-2-6-18-9)13(17)11-7-10(14)3-4-12(11)15/h3-4,7,9H,2,5-6,8,15H2,1H3. The molecule has 4 nitrogen and oxygen atoms in total. The quantitative estimate of drug-likeness (QED) is 0.809. The van der Waals surface area contributed by atoms with Crippen LogP contribution in [0.25, 0.3) is 0 Å². The fraction of sp³-hybridized carbons (Fsp3) is 0.462. The highest BCUT2D eigenvalue weighted by Gasteiger charge is 2.22. The predicted molar refractivity (Wildman–Crippen MR) is 74.5 cm³/mol. The van der Waals surface area contributed by atoms with E-state index in [4.69, 9.17) is 10.5 Å². The van der Waals surface area contributed by atoms with Crippen molar-refractivity contribution < 1.29 is 9.53 Å². The fourth-order valence-corrected chi connectivity index (χ4v) is 2.42. The molecule has 1 aliphatic rings. The van der Waals surface area contributed by atoms with Crippen molar-refractivity contribution in [3.05, 3.63) is 28.2 Å². The summed E-state index contributed by atoms with van der Waals surface area (Å²) < 4.78 is 6.40. The number of carbonyl (C=O) groups is 1. The number of carbonyl (C=O) groups excluding carboxylic acids is 1. The number of halogens is 1. The van der Waals surface area contributed by atoms with Crippen molar-refractivity contribution >= 4 is 27.5 Å². The summed E-state index contributed by atoms with van der Waals surface area (Å²) in [5, 5.41) is 0. The minimum absolute atomic E-state index is 0.0221. The molecule has 0 aromatic heterocycles. The van der Waals surface area contributed by atoms with Crippen molar-refractivity contribution in [3.63, 3.8) is 0 Å². The summed E-state index contributed by atoms with van der Waals surface area (Å²) >= 11 is 3.36. The number of rotatable bonds is 1. The maximum atomic E-state index is 12.4. The van der Waals surface area contributed by atoms with E-state index in [-0.39, 0.29) is 12.0 Å². The summed E-state index contributed by atoms with van der Waals surface area (Å²) in [5.74, 6) is -0.0221. The molecule has 98 valence electrons. The molecule has 0 saturated carbocycles.